The van der Waals surface area contributed by atoms with E-state index in [1.54, 1.807) is 0 Å². The van der Waals surface area contributed by atoms with E-state index in [9.17, 15) is 9.59 Å². The first-order valence-electron chi connectivity index (χ1n) is 11.2. The van der Waals surface area contributed by atoms with Gasteiger partial charge in [0, 0.05) is 30.4 Å². The Labute approximate surface area is 181 Å². The SMILES string of the molecule is O=C([C@H]1C[C@H]2CCCN2[C@]12C(=O)Nc1ccccc12)N1CCC2(CCO2)CC1.O=CO. The fourth-order valence-corrected chi connectivity index (χ4v) is 6.50. The molecule has 0 saturated carbocycles. The second-order valence-electron chi connectivity index (χ2n) is 9.26. The number of anilines is 1. The third-order valence-corrected chi connectivity index (χ3v) is 8.02. The number of carbonyl (C=O) groups excluding carboxylic acids is 2. The van der Waals surface area contributed by atoms with Gasteiger partial charge in [-0.05, 0) is 51.1 Å². The molecule has 1 aromatic rings. The lowest BCUT2D eigenvalue weighted by atomic mass is 9.77. The van der Waals surface area contributed by atoms with Gasteiger partial charge in [-0.25, -0.2) is 0 Å². The van der Waals surface area contributed by atoms with Crippen molar-refractivity contribution < 1.29 is 24.2 Å². The van der Waals surface area contributed by atoms with E-state index >= 15 is 0 Å². The molecule has 0 bridgehead atoms. The third-order valence-electron chi connectivity index (χ3n) is 8.02. The molecule has 0 unspecified atom stereocenters. The molecule has 0 radical (unpaired) electrons. The fourth-order valence-electron chi connectivity index (χ4n) is 6.50. The van der Waals surface area contributed by atoms with E-state index < -0.39 is 5.54 Å². The maximum atomic E-state index is 13.7. The Morgan fingerprint density at radius 3 is 2.58 bits per heavy atom. The third kappa shape index (κ3) is 2.91. The Morgan fingerprint density at radius 2 is 1.90 bits per heavy atom. The number of piperidine rings is 1. The first kappa shape index (κ1) is 20.5. The molecule has 2 N–H and O–H groups in total. The molecule has 0 aliphatic carbocycles. The molecule has 4 fully saturated rings. The van der Waals surface area contributed by atoms with E-state index in [-0.39, 0.29) is 29.8 Å². The van der Waals surface area contributed by atoms with Crippen molar-refractivity contribution >= 4 is 24.0 Å². The van der Waals surface area contributed by atoms with E-state index in [1.165, 1.54) is 0 Å². The van der Waals surface area contributed by atoms with Gasteiger partial charge < -0.3 is 20.1 Å². The number of para-hydroxylation sites is 1. The highest BCUT2D eigenvalue weighted by molar-refractivity contribution is 6.09. The van der Waals surface area contributed by atoms with Gasteiger partial charge in [0.15, 0.2) is 0 Å². The Kier molecular flexibility index (Phi) is 5.01. The minimum atomic E-state index is -0.822. The molecule has 2 amide bonds. The van der Waals surface area contributed by atoms with Crippen LogP contribution in [0, 0.1) is 5.92 Å². The molecule has 3 atom stereocenters. The minimum absolute atomic E-state index is 0.00717. The molecule has 5 aliphatic rings. The summed E-state index contributed by atoms with van der Waals surface area (Å²) in [6.45, 7) is 3.00. The van der Waals surface area contributed by atoms with Gasteiger partial charge in [-0.1, -0.05) is 18.2 Å². The van der Waals surface area contributed by atoms with Crippen LogP contribution >= 0.6 is 0 Å². The van der Waals surface area contributed by atoms with Crippen LogP contribution in [0.1, 0.15) is 44.1 Å². The summed E-state index contributed by atoms with van der Waals surface area (Å²) < 4.78 is 5.82. The van der Waals surface area contributed by atoms with E-state index in [2.05, 4.69) is 10.2 Å². The van der Waals surface area contributed by atoms with E-state index in [1.807, 2.05) is 29.2 Å². The number of fused-ring (bicyclic) bond motifs is 4. The summed E-state index contributed by atoms with van der Waals surface area (Å²) in [7, 11) is 0. The van der Waals surface area contributed by atoms with Crippen LogP contribution in [0.25, 0.3) is 0 Å². The molecule has 0 aromatic heterocycles. The van der Waals surface area contributed by atoms with Crippen molar-refractivity contribution in [3.8, 4) is 0 Å². The lowest BCUT2D eigenvalue weighted by Gasteiger charge is -2.48. The summed E-state index contributed by atoms with van der Waals surface area (Å²) in [5, 5.41) is 9.98. The number of carboxylic acid groups (broad SMARTS) is 1. The largest absolute Gasteiger partial charge is 0.483 e. The number of benzene rings is 1. The molecule has 5 heterocycles. The summed E-state index contributed by atoms with van der Waals surface area (Å²) in [6.07, 6.45) is 5.94. The maximum Gasteiger partial charge on any atom is 0.290 e. The predicted octanol–water partition coefficient (Wildman–Crippen LogP) is 1.80. The Hall–Kier alpha value is -2.45. The molecule has 6 rings (SSSR count). The first-order chi connectivity index (χ1) is 15.1. The van der Waals surface area contributed by atoms with Crippen LogP contribution in [0.4, 0.5) is 5.69 Å². The molecule has 31 heavy (non-hydrogen) atoms. The van der Waals surface area contributed by atoms with Gasteiger partial charge in [-0.2, -0.15) is 0 Å². The van der Waals surface area contributed by atoms with Crippen molar-refractivity contribution in [2.75, 3.05) is 31.6 Å². The van der Waals surface area contributed by atoms with Crippen molar-refractivity contribution in [1.82, 2.24) is 9.80 Å². The Balaban J connectivity index is 0.000000646. The van der Waals surface area contributed by atoms with Gasteiger partial charge in [-0.3, -0.25) is 19.3 Å². The maximum absolute atomic E-state index is 13.7. The van der Waals surface area contributed by atoms with Crippen molar-refractivity contribution in [3.05, 3.63) is 29.8 Å². The average molecular weight is 428 g/mol. The van der Waals surface area contributed by atoms with Crippen molar-refractivity contribution in [2.24, 2.45) is 5.92 Å². The number of nitrogens with one attached hydrogen (secondary N) is 1. The van der Waals surface area contributed by atoms with Crippen LogP contribution in [0.15, 0.2) is 24.3 Å². The lowest BCUT2D eigenvalue weighted by Crippen LogP contribution is -2.58. The van der Waals surface area contributed by atoms with Crippen molar-refractivity contribution in [2.45, 2.75) is 55.7 Å². The van der Waals surface area contributed by atoms with Crippen LogP contribution in [0.2, 0.25) is 0 Å². The standard InChI is InChI=1S/C22H27N3O3.CH2O2/c26-19(24-11-7-21(8-12-24)9-13-28-21)17-14-15-4-3-10-25(15)22(17)16-5-1-2-6-18(16)23-20(22)27;2-1-3/h1-2,5-6,15,17H,3-4,7-14H2,(H,23,27);1H,(H,2,3)/t15-,17-,22+;/m1./s1. The molecular formula is C23H29N3O5. The van der Waals surface area contributed by atoms with Crippen LogP contribution in [0.3, 0.4) is 0 Å². The zero-order valence-corrected chi connectivity index (χ0v) is 17.6. The van der Waals surface area contributed by atoms with E-state index in [4.69, 9.17) is 14.6 Å². The van der Waals surface area contributed by atoms with Crippen molar-refractivity contribution in [3.63, 3.8) is 0 Å². The van der Waals surface area contributed by atoms with Crippen LogP contribution in [-0.2, 0) is 24.7 Å². The summed E-state index contributed by atoms with van der Waals surface area (Å²) >= 11 is 0. The number of likely N-dealkylation sites (tertiary alicyclic amines) is 1. The summed E-state index contributed by atoms with van der Waals surface area (Å²) in [4.78, 5) is 39.9. The highest BCUT2D eigenvalue weighted by atomic mass is 16.5. The summed E-state index contributed by atoms with van der Waals surface area (Å²) in [5.41, 5.74) is 1.08. The van der Waals surface area contributed by atoms with Gasteiger partial charge in [0.05, 0.1) is 18.1 Å². The van der Waals surface area contributed by atoms with Gasteiger partial charge >= 0.3 is 0 Å². The van der Waals surface area contributed by atoms with Crippen LogP contribution < -0.4 is 5.32 Å². The molecule has 8 heteroatoms. The second kappa shape index (κ2) is 7.60. The predicted molar refractivity (Wildman–Crippen MR) is 112 cm³/mol. The van der Waals surface area contributed by atoms with Gasteiger partial charge in [0.2, 0.25) is 11.8 Å². The summed E-state index contributed by atoms with van der Waals surface area (Å²) in [5.74, 6) is -0.138. The van der Waals surface area contributed by atoms with Crippen LogP contribution in [0.5, 0.6) is 0 Å². The first-order valence-corrected chi connectivity index (χ1v) is 11.2. The second-order valence-corrected chi connectivity index (χ2v) is 9.26. The fraction of sp³-hybridized carbons (Fsp3) is 0.609. The Bertz CT molecular complexity index is 891. The summed E-state index contributed by atoms with van der Waals surface area (Å²) in [6, 6.07) is 8.28. The molecule has 8 nitrogen and oxygen atoms in total. The van der Waals surface area contributed by atoms with E-state index in [0.29, 0.717) is 6.04 Å². The quantitative estimate of drug-likeness (QED) is 0.663. The highest BCUT2D eigenvalue weighted by Crippen LogP contribution is 2.55. The highest BCUT2D eigenvalue weighted by Gasteiger charge is 2.66. The monoisotopic (exact) mass is 427 g/mol. The number of hydrogen-bond acceptors (Lipinski definition) is 5. The van der Waals surface area contributed by atoms with Gasteiger partial charge in [-0.15, -0.1) is 0 Å². The molecule has 1 aromatic carbocycles. The van der Waals surface area contributed by atoms with Crippen LogP contribution in [-0.4, -0.2) is 71.1 Å². The molecule has 2 spiro atoms. The zero-order valence-electron chi connectivity index (χ0n) is 17.6. The van der Waals surface area contributed by atoms with E-state index in [0.717, 1.165) is 76.0 Å². The number of ether oxygens (including phenoxy) is 1. The van der Waals surface area contributed by atoms with Gasteiger partial charge in [0.1, 0.15) is 5.54 Å². The molecular weight excluding hydrogens is 398 g/mol. The van der Waals surface area contributed by atoms with Crippen molar-refractivity contribution in [1.29, 1.82) is 0 Å². The average Bonchev–Trinajstić information content (AvgIpc) is 3.41. The topological polar surface area (TPSA) is 99.2 Å². The minimum Gasteiger partial charge on any atom is -0.483 e. The number of rotatable bonds is 1. The van der Waals surface area contributed by atoms with Gasteiger partial charge in [0.25, 0.3) is 6.47 Å². The zero-order chi connectivity index (χ0) is 21.6. The number of nitrogens with zero attached hydrogens (tertiary/aromatic N) is 2. The number of carbonyl (C=O) groups is 3. The normalized spacial score (nSPS) is 32.6. The molecule has 5 aliphatic heterocycles. The molecule has 4 saturated heterocycles. The Morgan fingerprint density at radius 1 is 1.19 bits per heavy atom. The number of hydrogen-bond donors (Lipinski definition) is 2. The lowest BCUT2D eigenvalue weighted by molar-refractivity contribution is -0.178. The molecule has 166 valence electrons. The smallest absolute Gasteiger partial charge is 0.290 e. The number of amides is 2.